The lowest BCUT2D eigenvalue weighted by Crippen LogP contribution is -2.49. The van der Waals surface area contributed by atoms with E-state index in [9.17, 15) is 4.79 Å². The summed E-state index contributed by atoms with van der Waals surface area (Å²) >= 11 is 8.86. The van der Waals surface area contributed by atoms with Gasteiger partial charge in [0.05, 0.1) is 5.75 Å². The molecular formula is C21H21ClN4OS2. The van der Waals surface area contributed by atoms with Gasteiger partial charge in [-0.2, -0.15) is 0 Å². The highest BCUT2D eigenvalue weighted by molar-refractivity contribution is 8.01. The highest BCUT2D eigenvalue weighted by Crippen LogP contribution is 2.35. The normalized spacial score (nSPS) is 14.2. The Morgan fingerprint density at radius 3 is 2.45 bits per heavy atom. The molecule has 0 radical (unpaired) electrons. The number of thioether (sulfide) groups is 1. The molecule has 1 amide bonds. The van der Waals surface area contributed by atoms with Crippen molar-refractivity contribution in [3.8, 4) is 11.3 Å². The largest absolute Gasteiger partial charge is 0.389 e. The van der Waals surface area contributed by atoms with Gasteiger partial charge in [-0.05, 0) is 24.3 Å². The number of nitrogens with zero attached hydrogens (tertiary/aromatic N) is 3. The van der Waals surface area contributed by atoms with Crippen LogP contribution in [0.1, 0.15) is 0 Å². The van der Waals surface area contributed by atoms with Crippen LogP contribution in [0.3, 0.4) is 0 Å². The number of anilines is 2. The van der Waals surface area contributed by atoms with Gasteiger partial charge < -0.3 is 15.5 Å². The van der Waals surface area contributed by atoms with E-state index in [1.54, 1.807) is 0 Å². The van der Waals surface area contributed by atoms with Gasteiger partial charge in [-0.3, -0.25) is 4.79 Å². The molecule has 0 unspecified atom stereocenters. The average Bonchev–Trinajstić information content (AvgIpc) is 3.14. The molecule has 0 bridgehead atoms. The molecular weight excluding hydrogens is 424 g/mol. The number of thiazole rings is 1. The third kappa shape index (κ3) is 4.86. The standard InChI is InChI=1S/C21H21ClN4OS2/c22-16-6-8-17(9-7-16)25-10-12-26(13-11-25)18(27)14-28-21-24-19(20(23)29-21)15-4-2-1-3-5-15/h1-9H,10-14,23H2. The van der Waals surface area contributed by atoms with Crippen molar-refractivity contribution in [2.24, 2.45) is 0 Å². The topological polar surface area (TPSA) is 62.5 Å². The number of hydrogen-bond donors (Lipinski definition) is 1. The fourth-order valence-electron chi connectivity index (χ4n) is 3.26. The van der Waals surface area contributed by atoms with E-state index >= 15 is 0 Å². The maximum absolute atomic E-state index is 12.6. The third-order valence-corrected chi connectivity index (χ3v) is 7.09. The van der Waals surface area contributed by atoms with E-state index in [2.05, 4.69) is 9.88 Å². The molecule has 29 heavy (non-hydrogen) atoms. The Labute approximate surface area is 183 Å². The number of carbonyl (C=O) groups is 1. The third-order valence-electron chi connectivity index (χ3n) is 4.82. The zero-order valence-corrected chi connectivity index (χ0v) is 18.1. The van der Waals surface area contributed by atoms with Crippen LogP contribution >= 0.6 is 34.7 Å². The fourth-order valence-corrected chi connectivity index (χ4v) is 5.24. The molecule has 2 N–H and O–H groups in total. The minimum absolute atomic E-state index is 0.140. The monoisotopic (exact) mass is 444 g/mol. The Balaban J connectivity index is 1.30. The SMILES string of the molecule is Nc1sc(SCC(=O)N2CCN(c3ccc(Cl)cc3)CC2)nc1-c1ccccc1. The number of hydrogen-bond acceptors (Lipinski definition) is 6. The Morgan fingerprint density at radius 2 is 1.76 bits per heavy atom. The molecule has 1 aliphatic heterocycles. The first-order valence-electron chi connectivity index (χ1n) is 9.33. The Hall–Kier alpha value is -2.22. The van der Waals surface area contributed by atoms with Crippen molar-refractivity contribution in [3.63, 3.8) is 0 Å². The van der Waals surface area contributed by atoms with E-state index < -0.39 is 0 Å². The quantitative estimate of drug-likeness (QED) is 0.587. The van der Waals surface area contributed by atoms with Crippen LogP contribution in [-0.4, -0.2) is 47.7 Å². The van der Waals surface area contributed by atoms with E-state index in [1.807, 2.05) is 59.5 Å². The van der Waals surface area contributed by atoms with Gasteiger partial charge in [-0.1, -0.05) is 65.0 Å². The number of nitrogen functional groups attached to an aromatic ring is 1. The molecule has 1 aliphatic rings. The molecule has 1 aromatic heterocycles. The summed E-state index contributed by atoms with van der Waals surface area (Å²) in [4.78, 5) is 21.5. The van der Waals surface area contributed by atoms with Gasteiger partial charge in [0.15, 0.2) is 4.34 Å². The van der Waals surface area contributed by atoms with E-state index in [1.165, 1.54) is 23.1 Å². The zero-order chi connectivity index (χ0) is 20.2. The first-order valence-corrected chi connectivity index (χ1v) is 11.5. The van der Waals surface area contributed by atoms with Gasteiger partial charge in [0.1, 0.15) is 10.7 Å². The molecule has 2 heterocycles. The number of rotatable bonds is 5. The van der Waals surface area contributed by atoms with Crippen molar-refractivity contribution in [1.82, 2.24) is 9.88 Å². The molecule has 0 aliphatic carbocycles. The Kier molecular flexibility index (Phi) is 6.28. The first kappa shape index (κ1) is 20.1. The fraction of sp³-hybridized carbons (Fsp3) is 0.238. The van der Waals surface area contributed by atoms with E-state index in [4.69, 9.17) is 17.3 Å². The number of amides is 1. The van der Waals surface area contributed by atoms with Crippen LogP contribution in [0.5, 0.6) is 0 Å². The molecule has 150 valence electrons. The molecule has 0 saturated carbocycles. The van der Waals surface area contributed by atoms with Gasteiger partial charge in [0.2, 0.25) is 5.91 Å². The molecule has 4 rings (SSSR count). The van der Waals surface area contributed by atoms with Crippen molar-refractivity contribution in [2.45, 2.75) is 4.34 Å². The summed E-state index contributed by atoms with van der Waals surface area (Å²) in [6, 6.07) is 17.7. The summed E-state index contributed by atoms with van der Waals surface area (Å²) in [5.41, 5.74) is 9.07. The van der Waals surface area contributed by atoms with E-state index in [0.717, 1.165) is 52.5 Å². The molecule has 1 fully saturated rings. The lowest BCUT2D eigenvalue weighted by atomic mass is 10.2. The zero-order valence-electron chi connectivity index (χ0n) is 15.8. The predicted octanol–water partition coefficient (Wildman–Crippen LogP) is 4.49. The van der Waals surface area contributed by atoms with Gasteiger partial charge >= 0.3 is 0 Å². The van der Waals surface area contributed by atoms with Crippen LogP contribution in [0, 0.1) is 0 Å². The molecule has 5 nitrogen and oxygen atoms in total. The maximum atomic E-state index is 12.6. The van der Waals surface area contributed by atoms with E-state index in [0.29, 0.717) is 10.8 Å². The van der Waals surface area contributed by atoms with Crippen LogP contribution in [0.2, 0.25) is 5.02 Å². The number of piperazine rings is 1. The summed E-state index contributed by atoms with van der Waals surface area (Å²) in [6.07, 6.45) is 0. The molecule has 0 atom stereocenters. The number of halogens is 1. The molecule has 0 spiro atoms. The predicted molar refractivity (Wildman–Crippen MR) is 123 cm³/mol. The summed E-state index contributed by atoms with van der Waals surface area (Å²) in [7, 11) is 0. The number of benzene rings is 2. The Morgan fingerprint density at radius 1 is 1.07 bits per heavy atom. The molecule has 3 aromatic rings. The number of aromatic nitrogens is 1. The van der Waals surface area contributed by atoms with Crippen molar-refractivity contribution >= 4 is 51.3 Å². The minimum Gasteiger partial charge on any atom is -0.389 e. The molecule has 1 saturated heterocycles. The second-order valence-corrected chi connectivity index (χ2v) is 9.38. The smallest absolute Gasteiger partial charge is 0.233 e. The summed E-state index contributed by atoms with van der Waals surface area (Å²) in [6.45, 7) is 3.08. The van der Waals surface area contributed by atoms with Gasteiger partial charge in [0.25, 0.3) is 0 Å². The number of nitrogens with two attached hydrogens (primary N) is 1. The van der Waals surface area contributed by atoms with Crippen molar-refractivity contribution < 1.29 is 4.79 Å². The van der Waals surface area contributed by atoms with Crippen LogP contribution < -0.4 is 10.6 Å². The average molecular weight is 445 g/mol. The van der Waals surface area contributed by atoms with E-state index in [-0.39, 0.29) is 5.91 Å². The van der Waals surface area contributed by atoms with Crippen molar-refractivity contribution in [1.29, 1.82) is 0 Å². The van der Waals surface area contributed by atoms with Crippen LogP contribution in [0.15, 0.2) is 58.9 Å². The van der Waals surface area contributed by atoms with Gasteiger partial charge in [0, 0.05) is 42.5 Å². The van der Waals surface area contributed by atoms with Crippen LogP contribution in [0.25, 0.3) is 11.3 Å². The molecule has 8 heteroatoms. The van der Waals surface area contributed by atoms with Crippen molar-refractivity contribution in [2.75, 3.05) is 42.6 Å². The highest BCUT2D eigenvalue weighted by atomic mass is 35.5. The minimum atomic E-state index is 0.140. The lowest BCUT2D eigenvalue weighted by Gasteiger charge is -2.36. The van der Waals surface area contributed by atoms with Gasteiger partial charge in [-0.25, -0.2) is 4.98 Å². The maximum Gasteiger partial charge on any atom is 0.233 e. The lowest BCUT2D eigenvalue weighted by molar-refractivity contribution is -0.128. The number of carbonyl (C=O) groups excluding carboxylic acids is 1. The summed E-state index contributed by atoms with van der Waals surface area (Å²) in [5, 5.41) is 1.42. The Bertz CT molecular complexity index is 970. The van der Waals surface area contributed by atoms with Gasteiger partial charge in [-0.15, -0.1) is 0 Å². The molecule has 2 aromatic carbocycles. The van der Waals surface area contributed by atoms with Crippen molar-refractivity contribution in [3.05, 3.63) is 59.6 Å². The van der Waals surface area contributed by atoms with Crippen LogP contribution in [0.4, 0.5) is 10.7 Å². The summed E-state index contributed by atoms with van der Waals surface area (Å²) in [5.74, 6) is 0.517. The first-order chi connectivity index (χ1) is 14.1. The van der Waals surface area contributed by atoms with Crippen LogP contribution in [-0.2, 0) is 4.79 Å². The highest BCUT2D eigenvalue weighted by Gasteiger charge is 2.22. The summed E-state index contributed by atoms with van der Waals surface area (Å²) < 4.78 is 0.828. The second-order valence-electron chi connectivity index (χ2n) is 6.69. The second kappa shape index (κ2) is 9.07.